The number of rotatable bonds is 6. The second-order valence-electron chi connectivity index (χ2n) is 7.49. The van der Waals surface area contributed by atoms with Crippen LogP contribution in [0.15, 0.2) is 58.3 Å². The molecule has 0 radical (unpaired) electrons. The molecule has 1 atom stereocenters. The first kappa shape index (κ1) is 20.5. The van der Waals surface area contributed by atoms with Crippen LogP contribution in [-0.2, 0) is 4.74 Å². The second kappa shape index (κ2) is 8.87. The highest BCUT2D eigenvalue weighted by Crippen LogP contribution is 2.50. The van der Waals surface area contributed by atoms with Crippen LogP contribution in [0.4, 0.5) is 11.4 Å². The van der Waals surface area contributed by atoms with E-state index in [-0.39, 0.29) is 17.8 Å². The zero-order valence-electron chi connectivity index (χ0n) is 16.2. The molecule has 2 aromatic rings. The minimum atomic E-state index is 0. The van der Waals surface area contributed by atoms with Crippen molar-refractivity contribution in [2.45, 2.75) is 29.6 Å². The van der Waals surface area contributed by atoms with Crippen LogP contribution in [0.3, 0.4) is 0 Å². The molecule has 0 bridgehead atoms. The Morgan fingerprint density at radius 1 is 1.04 bits per heavy atom. The van der Waals surface area contributed by atoms with Crippen LogP contribution in [0, 0.1) is 5.41 Å². The Kier molecular flexibility index (Phi) is 6.74. The first-order valence-electron chi connectivity index (χ1n) is 9.59. The van der Waals surface area contributed by atoms with Gasteiger partial charge in [0, 0.05) is 42.0 Å². The number of benzene rings is 2. The number of ether oxygens (including phenoxy) is 1. The van der Waals surface area contributed by atoms with Crippen molar-refractivity contribution in [1.82, 2.24) is 4.90 Å². The quantitative estimate of drug-likeness (QED) is 0.634. The van der Waals surface area contributed by atoms with Crippen molar-refractivity contribution in [1.29, 1.82) is 0 Å². The number of anilines is 2. The molecular formula is C22H29ClN2OS. The number of likely N-dealkylation sites (tertiary alicyclic amines) is 1. The lowest BCUT2D eigenvalue weighted by Gasteiger charge is -2.40. The van der Waals surface area contributed by atoms with Gasteiger partial charge in [-0.1, -0.05) is 43.0 Å². The van der Waals surface area contributed by atoms with E-state index in [1.807, 2.05) is 18.9 Å². The van der Waals surface area contributed by atoms with Gasteiger partial charge in [0.25, 0.3) is 0 Å². The van der Waals surface area contributed by atoms with Gasteiger partial charge in [-0.2, -0.15) is 0 Å². The van der Waals surface area contributed by atoms with Crippen LogP contribution < -0.4 is 4.90 Å². The maximum absolute atomic E-state index is 5.48. The fourth-order valence-corrected chi connectivity index (χ4v) is 5.41. The highest BCUT2D eigenvalue weighted by Gasteiger charge is 2.40. The summed E-state index contributed by atoms with van der Waals surface area (Å²) in [6, 6.07) is 17.7. The molecule has 0 aromatic heterocycles. The van der Waals surface area contributed by atoms with E-state index < -0.39 is 0 Å². The van der Waals surface area contributed by atoms with E-state index in [9.17, 15) is 0 Å². The third-order valence-corrected chi connectivity index (χ3v) is 6.96. The monoisotopic (exact) mass is 404 g/mol. The zero-order chi connectivity index (χ0) is 18.0. The highest BCUT2D eigenvalue weighted by molar-refractivity contribution is 7.99. The minimum absolute atomic E-state index is 0. The molecule has 146 valence electrons. The molecule has 2 heterocycles. The van der Waals surface area contributed by atoms with E-state index in [4.69, 9.17) is 4.74 Å². The van der Waals surface area contributed by atoms with Crippen LogP contribution in [0.2, 0.25) is 0 Å². The van der Waals surface area contributed by atoms with Crippen molar-refractivity contribution in [3.63, 3.8) is 0 Å². The van der Waals surface area contributed by atoms with Crippen molar-refractivity contribution in [3.8, 4) is 0 Å². The fourth-order valence-electron chi connectivity index (χ4n) is 4.32. The lowest BCUT2D eigenvalue weighted by Crippen LogP contribution is -2.39. The fraction of sp³-hybridized carbons (Fsp3) is 0.455. The number of hydrogen-bond acceptors (Lipinski definition) is 4. The van der Waals surface area contributed by atoms with E-state index in [1.54, 1.807) is 0 Å². The van der Waals surface area contributed by atoms with E-state index in [0.29, 0.717) is 0 Å². The Morgan fingerprint density at radius 3 is 2.22 bits per heavy atom. The average molecular weight is 405 g/mol. The molecule has 5 heteroatoms. The summed E-state index contributed by atoms with van der Waals surface area (Å²) in [7, 11) is 1.82. The third kappa shape index (κ3) is 4.14. The molecule has 3 nitrogen and oxygen atoms in total. The number of fused-ring (bicyclic) bond motifs is 2. The van der Waals surface area contributed by atoms with Crippen molar-refractivity contribution >= 4 is 35.5 Å². The summed E-state index contributed by atoms with van der Waals surface area (Å²) in [5, 5.41) is 0. The summed E-state index contributed by atoms with van der Waals surface area (Å²) < 4.78 is 5.48. The molecule has 0 spiro atoms. The summed E-state index contributed by atoms with van der Waals surface area (Å²) in [4.78, 5) is 7.87. The van der Waals surface area contributed by atoms with Crippen LogP contribution >= 0.6 is 24.2 Å². The molecule has 27 heavy (non-hydrogen) atoms. The van der Waals surface area contributed by atoms with E-state index in [2.05, 4.69) is 65.3 Å². The molecular weight excluding hydrogens is 376 g/mol. The maximum atomic E-state index is 5.48. The molecule has 2 aliphatic heterocycles. The minimum Gasteiger partial charge on any atom is -0.385 e. The normalized spacial score (nSPS) is 21.5. The van der Waals surface area contributed by atoms with Crippen LogP contribution in [-0.4, -0.2) is 44.8 Å². The van der Waals surface area contributed by atoms with Gasteiger partial charge >= 0.3 is 0 Å². The predicted octanol–water partition coefficient (Wildman–Crippen LogP) is 5.46. The van der Waals surface area contributed by atoms with Gasteiger partial charge < -0.3 is 14.5 Å². The summed E-state index contributed by atoms with van der Waals surface area (Å²) in [6.45, 7) is 7.67. The number of methoxy groups -OCH3 is 1. The Labute approximate surface area is 173 Å². The smallest absolute Gasteiger partial charge is 0.0553 e. The van der Waals surface area contributed by atoms with Crippen molar-refractivity contribution in [2.24, 2.45) is 5.41 Å². The van der Waals surface area contributed by atoms with Gasteiger partial charge in [-0.25, -0.2) is 0 Å². The molecule has 0 aliphatic carbocycles. The summed E-state index contributed by atoms with van der Waals surface area (Å²) in [6.07, 6.45) is 2.37. The standard InChI is InChI=1S/C22H28N2OS.ClH/c1-3-23-14-12-22(16-23,13-15-25-2)17-24-18-8-4-6-10-20(18)26-21-11-7-5-9-19(21)24;/h4-11H,3,12-17H2,1-2H3;1H. The van der Waals surface area contributed by atoms with Crippen molar-refractivity contribution in [3.05, 3.63) is 48.5 Å². The summed E-state index contributed by atoms with van der Waals surface area (Å²) in [5.74, 6) is 0. The van der Waals surface area contributed by atoms with Gasteiger partial charge in [-0.05, 0) is 50.2 Å². The average Bonchev–Trinajstić information content (AvgIpc) is 3.10. The van der Waals surface area contributed by atoms with Crippen LogP contribution in [0.1, 0.15) is 19.8 Å². The topological polar surface area (TPSA) is 15.7 Å². The van der Waals surface area contributed by atoms with Gasteiger partial charge in [0.15, 0.2) is 0 Å². The zero-order valence-corrected chi connectivity index (χ0v) is 17.8. The van der Waals surface area contributed by atoms with Gasteiger partial charge in [0.05, 0.1) is 11.4 Å². The van der Waals surface area contributed by atoms with E-state index >= 15 is 0 Å². The van der Waals surface area contributed by atoms with Crippen LogP contribution in [0.5, 0.6) is 0 Å². The Balaban J connectivity index is 0.00000210. The maximum Gasteiger partial charge on any atom is 0.0553 e. The summed E-state index contributed by atoms with van der Waals surface area (Å²) >= 11 is 1.89. The van der Waals surface area contributed by atoms with Gasteiger partial charge in [0.2, 0.25) is 0 Å². The van der Waals surface area contributed by atoms with Crippen molar-refractivity contribution in [2.75, 3.05) is 44.8 Å². The lowest BCUT2D eigenvalue weighted by atomic mass is 9.82. The third-order valence-electron chi connectivity index (χ3n) is 5.83. The molecule has 0 N–H and O–H groups in total. The molecule has 4 rings (SSSR count). The van der Waals surface area contributed by atoms with Crippen LogP contribution in [0.25, 0.3) is 0 Å². The number of hydrogen-bond donors (Lipinski definition) is 0. The van der Waals surface area contributed by atoms with Crippen molar-refractivity contribution < 1.29 is 4.74 Å². The highest BCUT2D eigenvalue weighted by atomic mass is 35.5. The van der Waals surface area contributed by atoms with E-state index in [1.165, 1.54) is 40.7 Å². The molecule has 1 fully saturated rings. The lowest BCUT2D eigenvalue weighted by molar-refractivity contribution is 0.139. The first-order valence-corrected chi connectivity index (χ1v) is 10.4. The molecule has 1 unspecified atom stereocenters. The molecule has 1 saturated heterocycles. The first-order chi connectivity index (χ1) is 12.7. The Hall–Kier alpha value is -1.20. The number of halogens is 1. The number of para-hydroxylation sites is 2. The van der Waals surface area contributed by atoms with Gasteiger partial charge in [0.1, 0.15) is 0 Å². The molecule has 2 aromatic carbocycles. The predicted molar refractivity (Wildman–Crippen MR) is 117 cm³/mol. The molecule has 0 amide bonds. The number of nitrogens with zero attached hydrogens (tertiary/aromatic N) is 2. The van der Waals surface area contributed by atoms with E-state index in [0.717, 1.165) is 26.1 Å². The molecule has 0 saturated carbocycles. The molecule has 2 aliphatic rings. The Bertz CT molecular complexity index is 726. The van der Waals surface area contributed by atoms with Gasteiger partial charge in [-0.15, -0.1) is 12.4 Å². The largest absolute Gasteiger partial charge is 0.385 e. The second-order valence-corrected chi connectivity index (χ2v) is 8.57. The Morgan fingerprint density at radius 2 is 1.67 bits per heavy atom. The van der Waals surface area contributed by atoms with Gasteiger partial charge in [-0.3, -0.25) is 0 Å². The summed E-state index contributed by atoms with van der Waals surface area (Å²) in [5.41, 5.74) is 2.99. The SMILES string of the molecule is CCN1CCC(CCOC)(CN2c3ccccc3Sc3ccccc32)C1.Cl.